The van der Waals surface area contributed by atoms with E-state index in [9.17, 15) is 14.3 Å². The van der Waals surface area contributed by atoms with Crippen LogP contribution in [0.15, 0.2) is 42.5 Å². The van der Waals surface area contributed by atoms with E-state index in [1.165, 1.54) is 23.1 Å². The minimum atomic E-state index is -0.553. The topological polar surface area (TPSA) is 40.5 Å². The monoisotopic (exact) mass is 307 g/mol. The van der Waals surface area contributed by atoms with E-state index in [2.05, 4.69) is 0 Å². The summed E-state index contributed by atoms with van der Waals surface area (Å²) < 4.78 is 13.1. The Morgan fingerprint density at radius 1 is 1.24 bits per heavy atom. The van der Waals surface area contributed by atoms with E-state index in [0.717, 1.165) is 5.56 Å². The van der Waals surface area contributed by atoms with E-state index < -0.39 is 5.82 Å². The molecule has 110 valence electrons. The van der Waals surface area contributed by atoms with E-state index in [-0.39, 0.29) is 22.7 Å². The van der Waals surface area contributed by atoms with Crippen LogP contribution in [0.5, 0.6) is 5.75 Å². The molecule has 1 unspecified atom stereocenters. The second kappa shape index (κ2) is 6.14. The van der Waals surface area contributed by atoms with Crippen LogP contribution in [-0.2, 0) is 0 Å². The van der Waals surface area contributed by atoms with Gasteiger partial charge in [-0.1, -0.05) is 23.7 Å². The van der Waals surface area contributed by atoms with Gasteiger partial charge < -0.3 is 10.0 Å². The van der Waals surface area contributed by atoms with E-state index in [4.69, 9.17) is 11.6 Å². The molecule has 0 aliphatic heterocycles. The number of amides is 1. The second-order valence-corrected chi connectivity index (χ2v) is 5.22. The Bertz CT molecular complexity index is 658. The molecule has 0 radical (unpaired) electrons. The summed E-state index contributed by atoms with van der Waals surface area (Å²) in [5, 5.41) is 9.21. The molecule has 0 fully saturated rings. The predicted molar refractivity (Wildman–Crippen MR) is 80.0 cm³/mol. The van der Waals surface area contributed by atoms with Gasteiger partial charge in [-0.05, 0) is 42.8 Å². The molecule has 0 aromatic heterocycles. The Labute approximate surface area is 127 Å². The third-order valence-electron chi connectivity index (χ3n) is 3.44. The van der Waals surface area contributed by atoms with Crippen LogP contribution in [0.1, 0.15) is 28.9 Å². The molecular weight excluding hydrogens is 293 g/mol. The summed E-state index contributed by atoms with van der Waals surface area (Å²) in [6.45, 7) is 1.87. The number of rotatable bonds is 3. The fourth-order valence-corrected chi connectivity index (χ4v) is 2.17. The van der Waals surface area contributed by atoms with Crippen molar-refractivity contribution < 1.29 is 14.3 Å². The summed E-state index contributed by atoms with van der Waals surface area (Å²) in [6.07, 6.45) is 0. The number of halogens is 2. The van der Waals surface area contributed by atoms with Crippen molar-refractivity contribution in [1.82, 2.24) is 4.90 Å². The van der Waals surface area contributed by atoms with Crippen molar-refractivity contribution in [2.45, 2.75) is 13.0 Å². The third-order valence-corrected chi connectivity index (χ3v) is 3.73. The van der Waals surface area contributed by atoms with Gasteiger partial charge in [-0.2, -0.15) is 0 Å². The average molecular weight is 308 g/mol. The quantitative estimate of drug-likeness (QED) is 0.930. The molecule has 0 aliphatic rings. The Hall–Kier alpha value is -2.07. The zero-order chi connectivity index (χ0) is 15.6. The van der Waals surface area contributed by atoms with Crippen molar-refractivity contribution in [3.05, 3.63) is 64.4 Å². The van der Waals surface area contributed by atoms with Gasteiger partial charge in [-0.25, -0.2) is 4.39 Å². The largest absolute Gasteiger partial charge is 0.508 e. The lowest BCUT2D eigenvalue weighted by Crippen LogP contribution is -2.29. The average Bonchev–Trinajstić information content (AvgIpc) is 2.48. The zero-order valence-corrected chi connectivity index (χ0v) is 12.4. The molecule has 21 heavy (non-hydrogen) atoms. The number of hydrogen-bond donors (Lipinski definition) is 1. The predicted octanol–water partition coefficient (Wildman–Crippen LogP) is 4.02. The summed E-state index contributed by atoms with van der Waals surface area (Å²) >= 11 is 5.70. The molecule has 5 heteroatoms. The summed E-state index contributed by atoms with van der Waals surface area (Å²) in [4.78, 5) is 13.9. The Balaban J connectivity index is 2.21. The molecule has 1 N–H and O–H groups in total. The molecule has 2 aromatic carbocycles. The van der Waals surface area contributed by atoms with Crippen molar-refractivity contribution in [2.24, 2.45) is 0 Å². The molecule has 2 rings (SSSR count). The maximum absolute atomic E-state index is 13.1. The van der Waals surface area contributed by atoms with Crippen LogP contribution in [0.3, 0.4) is 0 Å². The van der Waals surface area contributed by atoms with Crippen molar-refractivity contribution in [2.75, 3.05) is 7.05 Å². The van der Waals surface area contributed by atoms with Gasteiger partial charge in [0.25, 0.3) is 5.91 Å². The molecule has 0 heterocycles. The van der Waals surface area contributed by atoms with Crippen molar-refractivity contribution in [3.8, 4) is 5.75 Å². The number of nitrogens with zero attached hydrogens (tertiary/aromatic N) is 1. The Kier molecular flexibility index (Phi) is 4.48. The highest BCUT2D eigenvalue weighted by atomic mass is 35.5. The normalized spacial score (nSPS) is 12.0. The first-order chi connectivity index (χ1) is 9.90. The van der Waals surface area contributed by atoms with Crippen LogP contribution in [0.2, 0.25) is 5.02 Å². The third kappa shape index (κ3) is 3.34. The maximum Gasteiger partial charge on any atom is 0.254 e. The van der Waals surface area contributed by atoms with Crippen LogP contribution in [0.25, 0.3) is 0 Å². The minimum absolute atomic E-state index is 0.0773. The van der Waals surface area contributed by atoms with Crippen molar-refractivity contribution in [1.29, 1.82) is 0 Å². The lowest BCUT2D eigenvalue weighted by molar-refractivity contribution is 0.0742. The van der Waals surface area contributed by atoms with Crippen LogP contribution in [0.4, 0.5) is 4.39 Å². The van der Waals surface area contributed by atoms with Gasteiger partial charge >= 0.3 is 0 Å². The van der Waals surface area contributed by atoms with Crippen LogP contribution in [0, 0.1) is 5.82 Å². The molecule has 0 saturated heterocycles. The summed E-state index contributed by atoms with van der Waals surface area (Å²) in [5.74, 6) is -0.634. The lowest BCUT2D eigenvalue weighted by atomic mass is 10.1. The number of hydrogen-bond acceptors (Lipinski definition) is 2. The molecule has 0 aliphatic carbocycles. The molecular formula is C16H15ClFNO2. The van der Waals surface area contributed by atoms with Crippen LogP contribution in [-0.4, -0.2) is 23.0 Å². The van der Waals surface area contributed by atoms with Crippen molar-refractivity contribution in [3.63, 3.8) is 0 Å². The first-order valence-electron chi connectivity index (χ1n) is 6.41. The fourth-order valence-electron chi connectivity index (χ4n) is 1.99. The van der Waals surface area contributed by atoms with Gasteiger partial charge in [0.15, 0.2) is 0 Å². The lowest BCUT2D eigenvalue weighted by Gasteiger charge is -2.25. The van der Waals surface area contributed by atoms with Crippen LogP contribution < -0.4 is 0 Å². The summed E-state index contributed by atoms with van der Waals surface area (Å²) in [5.41, 5.74) is 1.21. The molecule has 0 bridgehead atoms. The van der Waals surface area contributed by atoms with E-state index in [0.29, 0.717) is 5.56 Å². The number of aromatic hydroxyl groups is 1. The van der Waals surface area contributed by atoms with E-state index in [1.807, 2.05) is 6.92 Å². The summed E-state index contributed by atoms with van der Waals surface area (Å²) in [6, 6.07) is 10.3. The highest BCUT2D eigenvalue weighted by Gasteiger charge is 2.19. The number of phenolic OH excluding ortho intramolecular Hbond substituents is 1. The molecule has 1 amide bonds. The van der Waals surface area contributed by atoms with Gasteiger partial charge in [-0.15, -0.1) is 0 Å². The van der Waals surface area contributed by atoms with Gasteiger partial charge in [0.1, 0.15) is 11.6 Å². The maximum atomic E-state index is 13.1. The highest BCUT2D eigenvalue weighted by Crippen LogP contribution is 2.24. The molecule has 0 spiro atoms. The second-order valence-electron chi connectivity index (χ2n) is 4.81. The number of carbonyl (C=O) groups is 1. The van der Waals surface area contributed by atoms with E-state index in [1.54, 1.807) is 31.3 Å². The molecule has 2 aromatic rings. The Morgan fingerprint density at radius 3 is 2.43 bits per heavy atom. The standard InChI is InChI=1S/C16H15ClFNO2/c1-10(11-3-6-13(20)7-4-11)19(2)16(21)12-5-8-15(18)14(17)9-12/h3-10,20H,1-2H3. The van der Waals surface area contributed by atoms with Gasteiger partial charge in [0.05, 0.1) is 11.1 Å². The number of benzene rings is 2. The fraction of sp³-hybridized carbons (Fsp3) is 0.188. The molecule has 0 saturated carbocycles. The zero-order valence-electron chi connectivity index (χ0n) is 11.7. The van der Waals surface area contributed by atoms with E-state index >= 15 is 0 Å². The first-order valence-corrected chi connectivity index (χ1v) is 6.79. The summed E-state index contributed by atoms with van der Waals surface area (Å²) in [7, 11) is 1.66. The minimum Gasteiger partial charge on any atom is -0.508 e. The SMILES string of the molecule is CC(c1ccc(O)cc1)N(C)C(=O)c1ccc(F)c(Cl)c1. The van der Waals surface area contributed by atoms with Gasteiger partial charge in [0.2, 0.25) is 0 Å². The van der Waals surface area contributed by atoms with Gasteiger partial charge in [-0.3, -0.25) is 4.79 Å². The molecule has 3 nitrogen and oxygen atoms in total. The highest BCUT2D eigenvalue weighted by molar-refractivity contribution is 6.31. The number of carbonyl (C=O) groups excluding carboxylic acids is 1. The van der Waals surface area contributed by atoms with Gasteiger partial charge in [0, 0.05) is 12.6 Å². The smallest absolute Gasteiger partial charge is 0.254 e. The first kappa shape index (κ1) is 15.3. The Morgan fingerprint density at radius 2 is 1.86 bits per heavy atom. The van der Waals surface area contributed by atoms with Crippen molar-refractivity contribution >= 4 is 17.5 Å². The van der Waals surface area contributed by atoms with Crippen LogP contribution >= 0.6 is 11.6 Å². The number of phenols is 1. The molecule has 1 atom stereocenters.